The van der Waals surface area contributed by atoms with Crippen LogP contribution < -0.4 is 4.74 Å². The van der Waals surface area contributed by atoms with Crippen molar-refractivity contribution in [1.29, 1.82) is 0 Å². The fourth-order valence-electron chi connectivity index (χ4n) is 6.53. The maximum absolute atomic E-state index is 6.80. The van der Waals surface area contributed by atoms with Gasteiger partial charge in [-0.2, -0.15) is 0 Å². The minimum absolute atomic E-state index is 0.00957. The molecule has 3 heteroatoms. The number of allylic oxidation sites excluding steroid dienone is 2. The Balaban J connectivity index is 1.60. The number of imidazole rings is 1. The second kappa shape index (κ2) is 7.10. The second-order valence-corrected chi connectivity index (χ2v) is 10.7. The summed E-state index contributed by atoms with van der Waals surface area (Å²) in [7, 11) is 0. The number of rotatable bonds is 1. The van der Waals surface area contributed by atoms with Gasteiger partial charge in [-0.05, 0) is 84.8 Å². The van der Waals surface area contributed by atoms with Crippen LogP contribution in [0.2, 0.25) is 0 Å². The predicted molar refractivity (Wildman–Crippen MR) is 153 cm³/mol. The fraction of sp³-hybridized carbons (Fsp3) is 0.147. The van der Waals surface area contributed by atoms with Gasteiger partial charge in [0.15, 0.2) is 0 Å². The van der Waals surface area contributed by atoms with Gasteiger partial charge in [0.1, 0.15) is 17.5 Å². The lowest BCUT2D eigenvalue weighted by Crippen LogP contribution is -2.32. The summed E-state index contributed by atoms with van der Waals surface area (Å²) in [6.45, 7) is 6.68. The van der Waals surface area contributed by atoms with E-state index in [1.54, 1.807) is 0 Å². The Kier molecular flexibility index (Phi) is 3.99. The molecule has 3 heterocycles. The number of hydrogen-bond acceptors (Lipinski definition) is 2. The van der Waals surface area contributed by atoms with Gasteiger partial charge in [-0.3, -0.25) is 4.40 Å². The molecular formula is C34H26N2O. The van der Waals surface area contributed by atoms with E-state index >= 15 is 0 Å². The van der Waals surface area contributed by atoms with E-state index in [4.69, 9.17) is 9.72 Å². The zero-order valence-corrected chi connectivity index (χ0v) is 21.1. The molecule has 178 valence electrons. The highest BCUT2D eigenvalue weighted by atomic mass is 16.5. The number of nitrogens with zero attached hydrogens (tertiary/aromatic N) is 2. The third-order valence-corrected chi connectivity index (χ3v) is 8.50. The van der Waals surface area contributed by atoms with Crippen molar-refractivity contribution >= 4 is 38.4 Å². The lowest BCUT2D eigenvalue weighted by atomic mass is 9.76. The van der Waals surface area contributed by atoms with Crippen LogP contribution in [0.1, 0.15) is 23.6 Å². The number of benzene rings is 4. The number of para-hydroxylation sites is 2. The van der Waals surface area contributed by atoms with E-state index in [0.717, 1.165) is 38.7 Å². The van der Waals surface area contributed by atoms with Gasteiger partial charge in [0.05, 0.1) is 22.0 Å². The van der Waals surface area contributed by atoms with Gasteiger partial charge in [0.2, 0.25) is 0 Å². The smallest absolute Gasteiger partial charge is 0.146 e. The lowest BCUT2D eigenvalue weighted by Gasteiger charge is -2.26. The average Bonchev–Trinajstić information content (AvgIpc) is 3.44. The SMILES string of the molecule is Cc1ccccc1-c1cc2c(cc1C)c1nc3ccccc3n1c1ccc3c(c21)OC1C=CC=CC31C. The third-order valence-electron chi connectivity index (χ3n) is 8.50. The minimum atomic E-state index is -0.180. The Labute approximate surface area is 215 Å². The highest BCUT2D eigenvalue weighted by Crippen LogP contribution is 2.51. The van der Waals surface area contributed by atoms with E-state index in [-0.39, 0.29) is 11.5 Å². The summed E-state index contributed by atoms with van der Waals surface area (Å²) in [5.74, 6) is 0.991. The Morgan fingerprint density at radius 2 is 1.65 bits per heavy atom. The number of aromatic nitrogens is 2. The van der Waals surface area contributed by atoms with Crippen LogP contribution in [0.3, 0.4) is 0 Å². The molecule has 4 aromatic carbocycles. The molecule has 0 radical (unpaired) electrons. The number of hydrogen-bond donors (Lipinski definition) is 0. The number of ether oxygens (including phenoxy) is 1. The molecule has 2 aromatic heterocycles. The van der Waals surface area contributed by atoms with E-state index in [1.807, 2.05) is 0 Å². The van der Waals surface area contributed by atoms with E-state index < -0.39 is 0 Å². The van der Waals surface area contributed by atoms with Crippen LogP contribution in [0.5, 0.6) is 5.75 Å². The fourth-order valence-corrected chi connectivity index (χ4v) is 6.53. The van der Waals surface area contributed by atoms with Crippen molar-refractivity contribution in [3.63, 3.8) is 0 Å². The molecule has 2 aliphatic rings. The molecule has 0 N–H and O–H groups in total. The summed E-state index contributed by atoms with van der Waals surface area (Å²) in [6.07, 6.45) is 8.70. The maximum atomic E-state index is 6.80. The molecule has 0 amide bonds. The van der Waals surface area contributed by atoms with Crippen molar-refractivity contribution in [2.24, 2.45) is 0 Å². The zero-order valence-electron chi connectivity index (χ0n) is 21.1. The molecule has 0 saturated heterocycles. The van der Waals surface area contributed by atoms with Crippen molar-refractivity contribution < 1.29 is 4.74 Å². The topological polar surface area (TPSA) is 26.5 Å². The van der Waals surface area contributed by atoms with Gasteiger partial charge in [0, 0.05) is 16.3 Å². The van der Waals surface area contributed by atoms with E-state index in [0.29, 0.717) is 0 Å². The molecule has 1 aliphatic carbocycles. The first-order valence-corrected chi connectivity index (χ1v) is 12.9. The first-order chi connectivity index (χ1) is 18.0. The minimum Gasteiger partial charge on any atom is -0.484 e. The van der Waals surface area contributed by atoms with Crippen molar-refractivity contribution in [2.45, 2.75) is 32.3 Å². The van der Waals surface area contributed by atoms with Crippen LogP contribution in [-0.2, 0) is 5.41 Å². The van der Waals surface area contributed by atoms with Crippen LogP contribution >= 0.6 is 0 Å². The molecule has 0 spiro atoms. The quantitative estimate of drug-likeness (QED) is 0.223. The Bertz CT molecular complexity index is 2010. The Hall–Kier alpha value is -4.37. The Morgan fingerprint density at radius 3 is 2.54 bits per heavy atom. The molecule has 6 aromatic rings. The largest absolute Gasteiger partial charge is 0.484 e. The van der Waals surface area contributed by atoms with Gasteiger partial charge < -0.3 is 4.74 Å². The van der Waals surface area contributed by atoms with Crippen molar-refractivity contribution in [1.82, 2.24) is 9.38 Å². The molecule has 0 fully saturated rings. The first-order valence-electron chi connectivity index (χ1n) is 12.9. The van der Waals surface area contributed by atoms with E-state index in [2.05, 4.69) is 122 Å². The summed E-state index contributed by atoms with van der Waals surface area (Å²) in [6, 6.07) is 26.3. The summed E-state index contributed by atoms with van der Waals surface area (Å²) >= 11 is 0. The van der Waals surface area contributed by atoms with Gasteiger partial charge in [-0.25, -0.2) is 4.98 Å². The number of pyridine rings is 1. The van der Waals surface area contributed by atoms with Gasteiger partial charge >= 0.3 is 0 Å². The van der Waals surface area contributed by atoms with Crippen LogP contribution in [0, 0.1) is 13.8 Å². The molecule has 8 rings (SSSR count). The molecule has 1 aliphatic heterocycles. The Morgan fingerprint density at radius 1 is 0.811 bits per heavy atom. The van der Waals surface area contributed by atoms with Crippen molar-refractivity contribution in [3.05, 3.63) is 114 Å². The van der Waals surface area contributed by atoms with E-state index in [9.17, 15) is 0 Å². The summed E-state index contributed by atoms with van der Waals surface area (Å²) < 4.78 is 9.12. The summed E-state index contributed by atoms with van der Waals surface area (Å²) in [4.78, 5) is 5.13. The average molecular weight is 479 g/mol. The molecule has 0 saturated carbocycles. The maximum Gasteiger partial charge on any atom is 0.146 e. The van der Waals surface area contributed by atoms with Crippen molar-refractivity contribution in [3.8, 4) is 16.9 Å². The standard InChI is InChI=1S/C34H26N2O/c1-20-10-4-5-11-22(20)23-19-24-25(18-21(23)2)33-35-27-12-6-7-13-28(27)36(33)29-16-15-26-32(31(24)29)37-30-14-8-9-17-34(26,30)3/h4-19,30H,1-3H3. The zero-order chi connectivity index (χ0) is 24.9. The highest BCUT2D eigenvalue weighted by Gasteiger charge is 2.44. The number of fused-ring (bicyclic) bond motifs is 12. The molecule has 37 heavy (non-hydrogen) atoms. The van der Waals surface area contributed by atoms with Crippen molar-refractivity contribution in [2.75, 3.05) is 0 Å². The summed E-state index contributed by atoms with van der Waals surface area (Å²) in [5, 5.41) is 3.51. The van der Waals surface area contributed by atoms with Crippen LogP contribution in [0.4, 0.5) is 0 Å². The van der Waals surface area contributed by atoms with Gasteiger partial charge in [-0.15, -0.1) is 0 Å². The molecular weight excluding hydrogens is 452 g/mol. The van der Waals surface area contributed by atoms with Gasteiger partial charge in [0.25, 0.3) is 0 Å². The predicted octanol–water partition coefficient (Wildman–Crippen LogP) is 8.22. The number of aryl methyl sites for hydroxylation is 2. The highest BCUT2D eigenvalue weighted by molar-refractivity contribution is 6.17. The first kappa shape index (κ1) is 20.8. The molecule has 0 bridgehead atoms. The normalized spacial score (nSPS) is 20.1. The summed E-state index contributed by atoms with van der Waals surface area (Å²) in [5.41, 5.74) is 10.3. The lowest BCUT2D eigenvalue weighted by molar-refractivity contribution is 0.230. The molecule has 2 unspecified atom stereocenters. The third kappa shape index (κ3) is 2.64. The van der Waals surface area contributed by atoms with E-state index in [1.165, 1.54) is 33.2 Å². The van der Waals surface area contributed by atoms with Crippen LogP contribution in [-0.4, -0.2) is 15.5 Å². The monoisotopic (exact) mass is 478 g/mol. The molecule has 3 nitrogen and oxygen atoms in total. The second-order valence-electron chi connectivity index (χ2n) is 10.7. The van der Waals surface area contributed by atoms with Crippen LogP contribution in [0.15, 0.2) is 97.1 Å². The molecule has 2 atom stereocenters. The van der Waals surface area contributed by atoms with Gasteiger partial charge in [-0.1, -0.05) is 60.7 Å². The van der Waals surface area contributed by atoms with Crippen LogP contribution in [0.25, 0.3) is 49.5 Å².